The van der Waals surface area contributed by atoms with Crippen molar-refractivity contribution in [2.45, 2.75) is 19.8 Å². The normalized spacial score (nSPS) is 11.4. The number of fused-ring (bicyclic) bond motifs is 1. The monoisotopic (exact) mass is 189 g/mol. The fourth-order valence-corrected chi connectivity index (χ4v) is 1.87. The molecule has 1 aromatic carbocycles. The first-order valence-corrected chi connectivity index (χ1v) is 4.88. The van der Waals surface area contributed by atoms with Crippen LogP contribution in [0, 0.1) is 0 Å². The van der Waals surface area contributed by atoms with E-state index in [9.17, 15) is 5.11 Å². The summed E-state index contributed by atoms with van der Waals surface area (Å²) in [5.41, 5.74) is 2.38. The molecule has 74 valence electrons. The quantitative estimate of drug-likeness (QED) is 0.733. The lowest BCUT2D eigenvalue weighted by Gasteiger charge is -2.06. The second-order valence-electron chi connectivity index (χ2n) is 4.00. The van der Waals surface area contributed by atoms with Crippen molar-refractivity contribution in [3.63, 3.8) is 0 Å². The third-order valence-electron chi connectivity index (χ3n) is 2.72. The van der Waals surface area contributed by atoms with Crippen molar-refractivity contribution in [2.24, 2.45) is 7.05 Å². The van der Waals surface area contributed by atoms with Crippen LogP contribution in [0.4, 0.5) is 0 Å². The van der Waals surface area contributed by atoms with E-state index in [4.69, 9.17) is 0 Å². The van der Waals surface area contributed by atoms with E-state index in [1.54, 1.807) is 4.57 Å². The molecule has 2 heteroatoms. The average molecular weight is 189 g/mol. The fraction of sp³-hybridized carbons (Fsp3) is 0.333. The molecule has 0 fully saturated rings. The number of benzene rings is 1. The zero-order chi connectivity index (χ0) is 10.3. The molecule has 2 rings (SSSR count). The topological polar surface area (TPSA) is 25.2 Å². The minimum absolute atomic E-state index is 0.327. The number of aromatic hydroxyl groups is 1. The van der Waals surface area contributed by atoms with E-state index in [1.165, 1.54) is 5.56 Å². The lowest BCUT2D eigenvalue weighted by Crippen LogP contribution is -1.89. The summed E-state index contributed by atoms with van der Waals surface area (Å²) >= 11 is 0. The molecule has 0 amide bonds. The molecular weight excluding hydrogens is 174 g/mol. The molecule has 1 aromatic heterocycles. The van der Waals surface area contributed by atoms with Gasteiger partial charge >= 0.3 is 0 Å². The summed E-state index contributed by atoms with van der Waals surface area (Å²) in [5.74, 6) is 0.814. The number of hydrogen-bond donors (Lipinski definition) is 1. The van der Waals surface area contributed by atoms with Gasteiger partial charge in [-0.2, -0.15) is 0 Å². The van der Waals surface area contributed by atoms with Gasteiger partial charge in [-0.25, -0.2) is 0 Å². The number of nitrogens with zero attached hydrogens (tertiary/aromatic N) is 1. The summed E-state index contributed by atoms with van der Waals surface area (Å²) in [7, 11) is 1.88. The maximum atomic E-state index is 9.61. The van der Waals surface area contributed by atoms with Gasteiger partial charge in [-0.1, -0.05) is 26.0 Å². The van der Waals surface area contributed by atoms with Gasteiger partial charge in [0.15, 0.2) is 5.88 Å². The van der Waals surface area contributed by atoms with Gasteiger partial charge < -0.3 is 9.67 Å². The average Bonchev–Trinajstić information content (AvgIpc) is 2.43. The predicted octanol–water partition coefficient (Wildman–Crippen LogP) is 3.01. The molecule has 0 spiro atoms. The molecule has 0 unspecified atom stereocenters. The van der Waals surface area contributed by atoms with Crippen LogP contribution < -0.4 is 0 Å². The van der Waals surface area contributed by atoms with Gasteiger partial charge in [0, 0.05) is 18.5 Å². The highest BCUT2D eigenvalue weighted by Crippen LogP contribution is 2.29. The Kier molecular flexibility index (Phi) is 1.99. The molecule has 0 radical (unpaired) electrons. The smallest absolute Gasteiger partial charge is 0.191 e. The van der Waals surface area contributed by atoms with Crippen molar-refractivity contribution in [3.05, 3.63) is 29.8 Å². The lowest BCUT2D eigenvalue weighted by molar-refractivity contribution is 0.435. The van der Waals surface area contributed by atoms with Crippen molar-refractivity contribution in [3.8, 4) is 5.88 Å². The Bertz CT molecular complexity index is 468. The zero-order valence-corrected chi connectivity index (χ0v) is 8.78. The van der Waals surface area contributed by atoms with Crippen LogP contribution in [-0.4, -0.2) is 9.67 Å². The van der Waals surface area contributed by atoms with Crippen LogP contribution in [0.25, 0.3) is 10.9 Å². The van der Waals surface area contributed by atoms with E-state index in [1.807, 2.05) is 25.2 Å². The maximum Gasteiger partial charge on any atom is 0.191 e. The molecule has 0 aliphatic rings. The second-order valence-corrected chi connectivity index (χ2v) is 4.00. The predicted molar refractivity (Wildman–Crippen MR) is 58.7 cm³/mol. The Morgan fingerprint density at radius 1 is 1.29 bits per heavy atom. The van der Waals surface area contributed by atoms with E-state index >= 15 is 0 Å². The second kappa shape index (κ2) is 3.05. The number of aryl methyl sites for hydroxylation is 1. The summed E-state index contributed by atoms with van der Waals surface area (Å²) < 4.78 is 1.81. The molecule has 0 atom stereocenters. The zero-order valence-electron chi connectivity index (χ0n) is 8.78. The largest absolute Gasteiger partial charge is 0.494 e. The third kappa shape index (κ3) is 1.18. The summed E-state index contributed by atoms with van der Waals surface area (Å²) in [6, 6.07) is 8.02. The summed E-state index contributed by atoms with van der Waals surface area (Å²) in [4.78, 5) is 0. The summed E-state index contributed by atoms with van der Waals surface area (Å²) in [6.45, 7) is 4.33. The van der Waals surface area contributed by atoms with Gasteiger partial charge in [-0.15, -0.1) is 0 Å². The van der Waals surface area contributed by atoms with E-state index in [0.29, 0.717) is 11.8 Å². The Balaban J connectivity index is 2.81. The Labute approximate surface area is 83.8 Å². The van der Waals surface area contributed by atoms with Crippen molar-refractivity contribution in [1.29, 1.82) is 0 Å². The molecular formula is C12H15NO. The van der Waals surface area contributed by atoms with Crippen LogP contribution in [0.15, 0.2) is 24.3 Å². The van der Waals surface area contributed by atoms with Gasteiger partial charge in [0.25, 0.3) is 0 Å². The molecule has 2 nitrogen and oxygen atoms in total. The molecule has 1 N–H and O–H groups in total. The van der Waals surface area contributed by atoms with Gasteiger partial charge in [0.1, 0.15) is 0 Å². The third-order valence-corrected chi connectivity index (χ3v) is 2.72. The fourth-order valence-electron chi connectivity index (χ4n) is 1.87. The van der Waals surface area contributed by atoms with Crippen molar-refractivity contribution in [1.82, 2.24) is 4.57 Å². The molecule has 0 saturated heterocycles. The first-order valence-electron chi connectivity index (χ1n) is 4.88. The van der Waals surface area contributed by atoms with E-state index in [2.05, 4.69) is 19.9 Å². The first-order chi connectivity index (χ1) is 6.61. The Morgan fingerprint density at radius 2 is 2.00 bits per heavy atom. The van der Waals surface area contributed by atoms with Gasteiger partial charge in [-0.3, -0.25) is 0 Å². The van der Waals surface area contributed by atoms with E-state index in [-0.39, 0.29) is 0 Å². The Hall–Kier alpha value is -1.44. The highest BCUT2D eigenvalue weighted by atomic mass is 16.3. The van der Waals surface area contributed by atoms with Crippen LogP contribution >= 0.6 is 0 Å². The summed E-state index contributed by atoms with van der Waals surface area (Å²) in [5, 5.41) is 10.8. The molecule has 0 aliphatic heterocycles. The minimum atomic E-state index is 0.327. The Morgan fingerprint density at radius 3 is 2.64 bits per heavy atom. The highest BCUT2D eigenvalue weighted by molar-refractivity contribution is 5.86. The van der Waals surface area contributed by atoms with Crippen LogP contribution in [0.1, 0.15) is 25.3 Å². The first kappa shape index (κ1) is 9.13. The molecule has 2 aromatic rings. The SMILES string of the molecule is CC(C)c1cccc2c1cc(O)n2C. The molecule has 0 aliphatic carbocycles. The van der Waals surface area contributed by atoms with E-state index in [0.717, 1.165) is 10.9 Å². The van der Waals surface area contributed by atoms with Crippen molar-refractivity contribution < 1.29 is 5.11 Å². The summed E-state index contributed by atoms with van der Waals surface area (Å²) in [6.07, 6.45) is 0. The van der Waals surface area contributed by atoms with Gasteiger partial charge in [-0.05, 0) is 17.5 Å². The van der Waals surface area contributed by atoms with Gasteiger partial charge in [0.2, 0.25) is 0 Å². The molecule has 0 saturated carbocycles. The van der Waals surface area contributed by atoms with Crippen LogP contribution in [0.5, 0.6) is 5.88 Å². The number of hydrogen-bond acceptors (Lipinski definition) is 1. The minimum Gasteiger partial charge on any atom is -0.494 e. The number of aromatic nitrogens is 1. The maximum absolute atomic E-state index is 9.61. The van der Waals surface area contributed by atoms with Crippen LogP contribution in [0.3, 0.4) is 0 Å². The highest BCUT2D eigenvalue weighted by Gasteiger charge is 2.09. The number of rotatable bonds is 1. The van der Waals surface area contributed by atoms with E-state index < -0.39 is 0 Å². The van der Waals surface area contributed by atoms with Crippen LogP contribution in [-0.2, 0) is 7.05 Å². The standard InChI is InChI=1S/C12H15NO/c1-8(2)9-5-4-6-11-10(9)7-12(14)13(11)3/h4-8,14H,1-3H3. The van der Waals surface area contributed by atoms with Gasteiger partial charge in [0.05, 0.1) is 5.52 Å². The molecule has 14 heavy (non-hydrogen) atoms. The molecule has 0 bridgehead atoms. The molecule has 1 heterocycles. The lowest BCUT2D eigenvalue weighted by atomic mass is 9.99. The van der Waals surface area contributed by atoms with Crippen molar-refractivity contribution >= 4 is 10.9 Å². The van der Waals surface area contributed by atoms with Crippen molar-refractivity contribution in [2.75, 3.05) is 0 Å². The van der Waals surface area contributed by atoms with Crippen LogP contribution in [0.2, 0.25) is 0 Å².